The third kappa shape index (κ3) is 3.87. The summed E-state index contributed by atoms with van der Waals surface area (Å²) < 4.78 is 20.2. The highest BCUT2D eigenvalue weighted by molar-refractivity contribution is 5.90. The van der Waals surface area contributed by atoms with Gasteiger partial charge in [-0.15, -0.1) is 0 Å². The summed E-state index contributed by atoms with van der Waals surface area (Å²) in [6.45, 7) is 3.49. The highest BCUT2D eigenvalue weighted by atomic mass is 19.1. The van der Waals surface area contributed by atoms with Gasteiger partial charge in [-0.2, -0.15) is 0 Å². The third-order valence-corrected chi connectivity index (χ3v) is 6.21. The Kier molecular flexibility index (Phi) is 4.88. The Labute approximate surface area is 179 Å². The lowest BCUT2D eigenvalue weighted by molar-refractivity contribution is -0.119. The van der Waals surface area contributed by atoms with E-state index in [2.05, 4.69) is 20.5 Å². The van der Waals surface area contributed by atoms with Gasteiger partial charge >= 0.3 is 6.09 Å². The smallest absolute Gasteiger partial charge is 0.414 e. The summed E-state index contributed by atoms with van der Waals surface area (Å²) in [5, 5.41) is 6.09. The Morgan fingerprint density at radius 3 is 2.71 bits per heavy atom. The highest BCUT2D eigenvalue weighted by Crippen LogP contribution is 2.48. The number of nitrogens with zero attached hydrogens (tertiary/aromatic N) is 3. The van der Waals surface area contributed by atoms with Gasteiger partial charge in [-0.25, -0.2) is 14.2 Å². The lowest BCUT2D eigenvalue weighted by Gasteiger charge is -2.24. The van der Waals surface area contributed by atoms with E-state index in [0.717, 1.165) is 18.9 Å². The Hall–Kier alpha value is -3.36. The van der Waals surface area contributed by atoms with Crippen LogP contribution in [0.4, 0.5) is 26.4 Å². The maximum atomic E-state index is 14.9. The lowest BCUT2D eigenvalue weighted by Crippen LogP contribution is -2.33. The number of amides is 2. The number of ether oxygens (including phenoxy) is 1. The minimum Gasteiger partial charge on any atom is -0.442 e. The molecule has 2 saturated heterocycles. The van der Waals surface area contributed by atoms with Crippen LogP contribution in [0.2, 0.25) is 0 Å². The van der Waals surface area contributed by atoms with E-state index in [0.29, 0.717) is 29.3 Å². The van der Waals surface area contributed by atoms with Crippen molar-refractivity contribution in [3.8, 4) is 0 Å². The van der Waals surface area contributed by atoms with Crippen LogP contribution in [0.5, 0.6) is 0 Å². The molecule has 0 spiro atoms. The zero-order valence-corrected chi connectivity index (χ0v) is 17.1. The van der Waals surface area contributed by atoms with Crippen LogP contribution >= 0.6 is 0 Å². The molecule has 9 heteroatoms. The Bertz CT molecular complexity index is 992. The number of benzene rings is 1. The van der Waals surface area contributed by atoms with E-state index in [1.165, 1.54) is 17.9 Å². The molecule has 2 unspecified atom stereocenters. The van der Waals surface area contributed by atoms with E-state index in [1.807, 2.05) is 18.2 Å². The summed E-state index contributed by atoms with van der Waals surface area (Å²) in [4.78, 5) is 31.0. The molecule has 1 saturated carbocycles. The quantitative estimate of drug-likeness (QED) is 0.738. The predicted molar refractivity (Wildman–Crippen MR) is 114 cm³/mol. The van der Waals surface area contributed by atoms with Crippen LogP contribution in [0.1, 0.15) is 6.92 Å². The zero-order valence-electron chi connectivity index (χ0n) is 17.1. The van der Waals surface area contributed by atoms with Gasteiger partial charge < -0.3 is 20.3 Å². The number of carbonyl (C=O) groups excluding carboxylic acids is 2. The number of nitrogens with one attached hydrogen (secondary N) is 2. The van der Waals surface area contributed by atoms with Crippen LogP contribution in [0, 0.1) is 17.7 Å². The van der Waals surface area contributed by atoms with Crippen molar-refractivity contribution in [3.63, 3.8) is 0 Å². The van der Waals surface area contributed by atoms with E-state index < -0.39 is 12.2 Å². The van der Waals surface area contributed by atoms with Crippen LogP contribution in [0.3, 0.4) is 0 Å². The van der Waals surface area contributed by atoms with Gasteiger partial charge in [0.1, 0.15) is 17.7 Å². The molecule has 2 N–H and O–H groups in total. The van der Waals surface area contributed by atoms with Crippen molar-refractivity contribution in [3.05, 3.63) is 48.4 Å². The number of hydrogen-bond acceptors (Lipinski definition) is 6. The molecule has 1 aromatic carbocycles. The summed E-state index contributed by atoms with van der Waals surface area (Å²) in [7, 11) is 0. The number of fused-ring (bicyclic) bond motifs is 1. The molecule has 8 nitrogen and oxygen atoms in total. The zero-order chi connectivity index (χ0) is 21.5. The van der Waals surface area contributed by atoms with Crippen molar-refractivity contribution in [1.82, 2.24) is 10.3 Å². The summed E-state index contributed by atoms with van der Waals surface area (Å²) in [5.41, 5.74) is 1.01. The first-order valence-corrected chi connectivity index (χ1v) is 10.4. The number of halogens is 1. The first kappa shape index (κ1) is 19.6. The second-order valence-electron chi connectivity index (χ2n) is 8.31. The maximum Gasteiger partial charge on any atom is 0.414 e. The van der Waals surface area contributed by atoms with Gasteiger partial charge in [-0.05, 0) is 30.3 Å². The predicted octanol–water partition coefficient (Wildman–Crippen LogP) is 2.23. The van der Waals surface area contributed by atoms with Gasteiger partial charge in [-0.3, -0.25) is 9.69 Å². The summed E-state index contributed by atoms with van der Waals surface area (Å²) in [6, 6.07) is 11.0. The number of piperidine rings is 1. The molecule has 0 bridgehead atoms. The van der Waals surface area contributed by atoms with Gasteiger partial charge in [0.25, 0.3) is 0 Å². The fourth-order valence-electron chi connectivity index (χ4n) is 4.57. The van der Waals surface area contributed by atoms with Gasteiger partial charge in [-0.1, -0.05) is 6.07 Å². The average Bonchev–Trinajstić information content (AvgIpc) is 3.07. The first-order valence-electron chi connectivity index (χ1n) is 10.4. The normalized spacial score (nSPS) is 26.5. The molecule has 3 aliphatic rings. The molecule has 3 atom stereocenters. The van der Waals surface area contributed by atoms with E-state index in [4.69, 9.17) is 4.74 Å². The number of cyclic esters (lactones) is 1. The SMILES string of the molecule is CC(=O)NC[C@H]1CN(c2ccc(N3CC4C(C3)C4Nc3ccccn3)c(F)c2)C(=O)O1. The molecule has 0 radical (unpaired) electrons. The average molecular weight is 425 g/mol. The highest BCUT2D eigenvalue weighted by Gasteiger charge is 2.56. The van der Waals surface area contributed by atoms with Crippen molar-refractivity contribution < 1.29 is 18.7 Å². The fraction of sp³-hybridized carbons (Fsp3) is 0.409. The lowest BCUT2D eigenvalue weighted by atomic mass is 10.2. The van der Waals surface area contributed by atoms with Gasteiger partial charge in [0.2, 0.25) is 5.91 Å². The number of rotatable bonds is 6. The van der Waals surface area contributed by atoms with Crippen molar-refractivity contribution >= 4 is 29.2 Å². The topological polar surface area (TPSA) is 86.8 Å². The fourth-order valence-corrected chi connectivity index (χ4v) is 4.57. The van der Waals surface area contributed by atoms with Crippen LogP contribution in [0.25, 0.3) is 0 Å². The van der Waals surface area contributed by atoms with Crippen LogP contribution in [-0.4, -0.2) is 55.3 Å². The van der Waals surface area contributed by atoms with E-state index in [-0.39, 0.29) is 24.8 Å². The molecule has 162 valence electrons. The second kappa shape index (κ2) is 7.72. The summed E-state index contributed by atoms with van der Waals surface area (Å²) >= 11 is 0. The van der Waals surface area contributed by atoms with Crippen molar-refractivity contribution in [2.75, 3.05) is 41.3 Å². The molecule has 2 amide bonds. The van der Waals surface area contributed by atoms with Gasteiger partial charge in [0.15, 0.2) is 0 Å². The Morgan fingerprint density at radius 2 is 2.03 bits per heavy atom. The van der Waals surface area contributed by atoms with E-state index >= 15 is 0 Å². The van der Waals surface area contributed by atoms with Crippen LogP contribution in [-0.2, 0) is 9.53 Å². The molecule has 1 aliphatic carbocycles. The standard InChI is InChI=1S/C22H24FN5O3/c1-13(29)25-9-15-10-28(22(30)31-15)14-5-6-19(18(23)8-14)27-11-16-17(12-27)21(16)26-20-4-2-3-7-24-20/h2-8,15-17,21H,9-12H2,1H3,(H,24,26)(H,25,29)/t15-,16?,17?,21?/m0/s1. The van der Waals surface area contributed by atoms with Crippen molar-refractivity contribution in [2.24, 2.45) is 11.8 Å². The maximum absolute atomic E-state index is 14.9. The molecule has 1 aromatic heterocycles. The monoisotopic (exact) mass is 425 g/mol. The van der Waals surface area contributed by atoms with E-state index in [1.54, 1.807) is 18.3 Å². The number of pyridine rings is 1. The molecule has 2 aliphatic heterocycles. The minimum absolute atomic E-state index is 0.189. The largest absolute Gasteiger partial charge is 0.442 e. The van der Waals surface area contributed by atoms with Crippen LogP contribution < -0.4 is 20.4 Å². The number of aromatic nitrogens is 1. The molecule has 5 rings (SSSR count). The number of carbonyl (C=O) groups is 2. The number of hydrogen-bond donors (Lipinski definition) is 2. The van der Waals surface area contributed by atoms with Gasteiger partial charge in [0.05, 0.1) is 24.5 Å². The minimum atomic E-state index is -0.534. The molecule has 3 heterocycles. The first-order chi connectivity index (χ1) is 15.0. The van der Waals surface area contributed by atoms with E-state index in [9.17, 15) is 14.0 Å². The van der Waals surface area contributed by atoms with Gasteiger partial charge in [0, 0.05) is 44.1 Å². The third-order valence-electron chi connectivity index (χ3n) is 6.21. The molecular formula is C22H24FN5O3. The molecule has 31 heavy (non-hydrogen) atoms. The second-order valence-corrected chi connectivity index (χ2v) is 8.31. The van der Waals surface area contributed by atoms with Crippen LogP contribution in [0.15, 0.2) is 42.6 Å². The Balaban J connectivity index is 1.20. The molecule has 3 fully saturated rings. The Morgan fingerprint density at radius 1 is 1.23 bits per heavy atom. The van der Waals surface area contributed by atoms with Crippen molar-refractivity contribution in [1.29, 1.82) is 0 Å². The summed E-state index contributed by atoms with van der Waals surface area (Å²) in [5.74, 6) is 1.28. The summed E-state index contributed by atoms with van der Waals surface area (Å²) in [6.07, 6.45) is 0.781. The molecule has 2 aromatic rings. The molecular weight excluding hydrogens is 401 g/mol. The number of anilines is 3. The van der Waals surface area contributed by atoms with Crippen molar-refractivity contribution in [2.45, 2.75) is 19.1 Å².